The fourth-order valence-electron chi connectivity index (χ4n) is 3.50. The van der Waals surface area contributed by atoms with Gasteiger partial charge in [0.05, 0.1) is 17.9 Å². The number of ether oxygens (including phenoxy) is 1. The van der Waals surface area contributed by atoms with Crippen LogP contribution in [-0.2, 0) is 17.8 Å². The van der Waals surface area contributed by atoms with Crippen LogP contribution in [0.1, 0.15) is 25.0 Å². The van der Waals surface area contributed by atoms with Crippen LogP contribution in [0.25, 0.3) is 0 Å². The molecule has 2 heterocycles. The molecule has 2 aromatic rings. The fraction of sp³-hybridized carbons (Fsp3) is 0.455. The Morgan fingerprint density at radius 2 is 1.77 bits per heavy atom. The molecular formula is C22H30FN5O2. The summed E-state index contributed by atoms with van der Waals surface area (Å²) in [5, 5.41) is 5.55. The minimum atomic E-state index is -0.313. The van der Waals surface area contributed by atoms with Crippen molar-refractivity contribution in [2.75, 3.05) is 37.0 Å². The number of carbonyl (C=O) groups is 1. The van der Waals surface area contributed by atoms with Gasteiger partial charge in [-0.3, -0.25) is 0 Å². The number of urea groups is 1. The van der Waals surface area contributed by atoms with Crippen LogP contribution in [0.5, 0.6) is 0 Å². The van der Waals surface area contributed by atoms with Gasteiger partial charge in [-0.05, 0) is 43.2 Å². The van der Waals surface area contributed by atoms with Gasteiger partial charge in [0, 0.05) is 46.5 Å². The summed E-state index contributed by atoms with van der Waals surface area (Å²) in [6.07, 6.45) is 1.86. The Morgan fingerprint density at radius 3 is 2.33 bits per heavy atom. The van der Waals surface area contributed by atoms with E-state index in [2.05, 4.69) is 15.6 Å². The first-order valence-electron chi connectivity index (χ1n) is 10.1. The number of anilines is 2. The van der Waals surface area contributed by atoms with Crippen LogP contribution in [-0.4, -0.2) is 50.4 Å². The maximum absolute atomic E-state index is 14.7. The van der Waals surface area contributed by atoms with Crippen molar-refractivity contribution < 1.29 is 13.9 Å². The van der Waals surface area contributed by atoms with Gasteiger partial charge >= 0.3 is 6.03 Å². The van der Waals surface area contributed by atoms with Crippen LogP contribution in [0.2, 0.25) is 0 Å². The van der Waals surface area contributed by atoms with Gasteiger partial charge in [-0.25, -0.2) is 14.2 Å². The van der Waals surface area contributed by atoms with Crippen molar-refractivity contribution in [2.45, 2.75) is 39.1 Å². The van der Waals surface area contributed by atoms with Crippen molar-refractivity contribution in [3.05, 3.63) is 53.5 Å². The normalized spacial score (nSPS) is 18.8. The average molecular weight is 416 g/mol. The number of nitrogens with zero attached hydrogens (tertiary/aromatic N) is 3. The topological polar surface area (TPSA) is 69.7 Å². The summed E-state index contributed by atoms with van der Waals surface area (Å²) in [6.45, 7) is 5.91. The van der Waals surface area contributed by atoms with Gasteiger partial charge in [0.15, 0.2) is 0 Å². The van der Waals surface area contributed by atoms with Gasteiger partial charge in [-0.2, -0.15) is 0 Å². The van der Waals surface area contributed by atoms with E-state index in [-0.39, 0.29) is 30.6 Å². The summed E-state index contributed by atoms with van der Waals surface area (Å²) in [7, 11) is 3.84. The molecule has 0 saturated carbocycles. The first-order valence-corrected chi connectivity index (χ1v) is 10.1. The lowest BCUT2D eigenvalue weighted by atomic mass is 10.1. The van der Waals surface area contributed by atoms with E-state index >= 15 is 0 Å². The first-order chi connectivity index (χ1) is 14.3. The molecule has 7 nitrogen and oxygen atoms in total. The quantitative estimate of drug-likeness (QED) is 0.759. The van der Waals surface area contributed by atoms with E-state index in [1.165, 1.54) is 6.07 Å². The molecule has 30 heavy (non-hydrogen) atoms. The van der Waals surface area contributed by atoms with E-state index in [0.29, 0.717) is 30.9 Å². The highest BCUT2D eigenvalue weighted by molar-refractivity contribution is 5.73. The van der Waals surface area contributed by atoms with Crippen LogP contribution < -0.4 is 20.4 Å². The zero-order valence-corrected chi connectivity index (χ0v) is 18.0. The standard InChI is InChI=1S/C22H30FN5O2/c1-15-13-28(14-16(2)30-15)20-7-5-17(9-19(20)23)10-25-22(29)26-12-18-6-8-21(24-11-18)27(3)4/h5-9,11,15-16H,10,12-14H2,1-4H3,(H2,25,26,29). The van der Waals surface area contributed by atoms with Gasteiger partial charge in [0.25, 0.3) is 0 Å². The lowest BCUT2D eigenvalue weighted by Gasteiger charge is -2.37. The maximum atomic E-state index is 14.7. The van der Waals surface area contributed by atoms with E-state index in [9.17, 15) is 9.18 Å². The highest BCUT2D eigenvalue weighted by Gasteiger charge is 2.24. The smallest absolute Gasteiger partial charge is 0.315 e. The van der Waals surface area contributed by atoms with Crippen LogP contribution in [0.15, 0.2) is 36.5 Å². The lowest BCUT2D eigenvalue weighted by Crippen LogP contribution is -2.45. The van der Waals surface area contributed by atoms with Gasteiger partial charge in [0.2, 0.25) is 0 Å². The largest absolute Gasteiger partial charge is 0.372 e. The van der Waals surface area contributed by atoms with Crippen molar-refractivity contribution in [1.82, 2.24) is 15.6 Å². The predicted molar refractivity (Wildman–Crippen MR) is 116 cm³/mol. The van der Waals surface area contributed by atoms with Crippen molar-refractivity contribution in [3.8, 4) is 0 Å². The van der Waals surface area contributed by atoms with E-state index in [1.54, 1.807) is 12.3 Å². The van der Waals surface area contributed by atoms with Crippen molar-refractivity contribution in [3.63, 3.8) is 0 Å². The highest BCUT2D eigenvalue weighted by atomic mass is 19.1. The Labute approximate surface area is 177 Å². The molecule has 1 aromatic carbocycles. The lowest BCUT2D eigenvalue weighted by molar-refractivity contribution is -0.00539. The zero-order chi connectivity index (χ0) is 21.7. The summed E-state index contributed by atoms with van der Waals surface area (Å²) >= 11 is 0. The van der Waals surface area contributed by atoms with E-state index in [4.69, 9.17) is 4.74 Å². The van der Waals surface area contributed by atoms with Gasteiger partial charge in [-0.15, -0.1) is 0 Å². The molecule has 2 atom stereocenters. The molecule has 1 aliphatic rings. The molecule has 1 saturated heterocycles. The van der Waals surface area contributed by atoms with Crippen LogP contribution in [0.4, 0.5) is 20.7 Å². The van der Waals surface area contributed by atoms with Crippen molar-refractivity contribution in [1.29, 1.82) is 0 Å². The second kappa shape index (κ2) is 9.75. The molecule has 2 amide bonds. The number of hydrogen-bond donors (Lipinski definition) is 2. The minimum Gasteiger partial charge on any atom is -0.372 e. The Kier molecular flexibility index (Phi) is 7.10. The molecular weight excluding hydrogens is 385 g/mol. The molecule has 162 valence electrons. The summed E-state index contributed by atoms with van der Waals surface area (Å²) in [4.78, 5) is 20.3. The number of amides is 2. The van der Waals surface area contributed by atoms with Crippen molar-refractivity contribution in [2.24, 2.45) is 0 Å². The number of rotatable bonds is 6. The second-order valence-corrected chi connectivity index (χ2v) is 7.90. The van der Waals surface area contributed by atoms with E-state index in [0.717, 1.165) is 11.4 Å². The number of halogens is 1. The Morgan fingerprint density at radius 1 is 1.13 bits per heavy atom. The molecule has 0 bridgehead atoms. The monoisotopic (exact) mass is 415 g/mol. The molecule has 1 aliphatic heterocycles. The third kappa shape index (κ3) is 5.82. The minimum absolute atomic E-state index is 0.0625. The number of nitrogens with one attached hydrogen (secondary N) is 2. The molecule has 0 radical (unpaired) electrons. The molecule has 8 heteroatoms. The molecule has 1 aromatic heterocycles. The molecule has 1 fully saturated rings. The molecule has 2 unspecified atom stereocenters. The third-order valence-corrected chi connectivity index (χ3v) is 4.95. The van der Waals surface area contributed by atoms with Gasteiger partial charge in [-0.1, -0.05) is 12.1 Å². The van der Waals surface area contributed by atoms with E-state index in [1.807, 2.05) is 55.9 Å². The van der Waals surface area contributed by atoms with Gasteiger partial charge < -0.3 is 25.2 Å². The van der Waals surface area contributed by atoms with Gasteiger partial charge in [0.1, 0.15) is 11.6 Å². The number of carbonyl (C=O) groups excluding carboxylic acids is 1. The first kappa shape index (κ1) is 21.8. The summed E-state index contributed by atoms with van der Waals surface area (Å²) in [6, 6.07) is 8.59. The maximum Gasteiger partial charge on any atom is 0.315 e. The van der Waals surface area contributed by atoms with Crippen molar-refractivity contribution >= 4 is 17.5 Å². The van der Waals surface area contributed by atoms with Crippen LogP contribution in [0, 0.1) is 5.82 Å². The fourth-order valence-corrected chi connectivity index (χ4v) is 3.50. The highest BCUT2D eigenvalue weighted by Crippen LogP contribution is 2.24. The summed E-state index contributed by atoms with van der Waals surface area (Å²) in [5.74, 6) is 0.567. The SMILES string of the molecule is CC1CN(c2ccc(CNC(=O)NCc3ccc(N(C)C)nc3)cc2F)CC(C)O1. The number of hydrogen-bond acceptors (Lipinski definition) is 5. The number of benzene rings is 1. The second-order valence-electron chi connectivity index (χ2n) is 7.90. The molecule has 3 rings (SSSR count). The molecule has 0 spiro atoms. The Hall–Kier alpha value is -2.87. The summed E-state index contributed by atoms with van der Waals surface area (Å²) in [5.41, 5.74) is 2.18. The molecule has 0 aliphatic carbocycles. The number of morpholine rings is 1. The van der Waals surface area contributed by atoms with E-state index < -0.39 is 0 Å². The van der Waals surface area contributed by atoms with Crippen LogP contribution in [0.3, 0.4) is 0 Å². The third-order valence-electron chi connectivity index (χ3n) is 4.95. The summed E-state index contributed by atoms with van der Waals surface area (Å²) < 4.78 is 20.4. The number of pyridine rings is 1. The number of aromatic nitrogens is 1. The predicted octanol–water partition coefficient (Wildman–Crippen LogP) is 2.90. The average Bonchev–Trinajstić information content (AvgIpc) is 2.70. The Balaban J connectivity index is 1.49. The Bertz CT molecular complexity index is 849. The zero-order valence-electron chi connectivity index (χ0n) is 18.0. The van der Waals surface area contributed by atoms with Crippen LogP contribution >= 0.6 is 0 Å². The molecule has 2 N–H and O–H groups in total.